The van der Waals surface area contributed by atoms with Crippen LogP contribution >= 0.6 is 0 Å². The molecule has 0 fully saturated rings. The van der Waals surface area contributed by atoms with Gasteiger partial charge in [-0.2, -0.15) is 0 Å². The van der Waals surface area contributed by atoms with Crippen molar-refractivity contribution in [1.29, 1.82) is 0 Å². The molecular formula is C29H59N3O11. The highest BCUT2D eigenvalue weighted by Crippen LogP contribution is 2.06. The van der Waals surface area contributed by atoms with Crippen LogP contribution in [0.4, 0.5) is 4.79 Å². The Labute approximate surface area is 258 Å². The van der Waals surface area contributed by atoms with Crippen molar-refractivity contribution >= 4 is 12.0 Å². The zero-order valence-corrected chi connectivity index (χ0v) is 26.8. The molecule has 0 bridgehead atoms. The summed E-state index contributed by atoms with van der Waals surface area (Å²) in [5.74, 6) is 0.00570. The summed E-state index contributed by atoms with van der Waals surface area (Å²) in [4.78, 5) is 23.1. The van der Waals surface area contributed by atoms with Gasteiger partial charge in [-0.3, -0.25) is 4.79 Å². The van der Waals surface area contributed by atoms with E-state index in [1.54, 1.807) is 0 Å². The number of unbranched alkanes of at least 4 members (excludes halogenated alkanes) is 2. The lowest BCUT2D eigenvalue weighted by Crippen LogP contribution is -2.34. The summed E-state index contributed by atoms with van der Waals surface area (Å²) in [7, 11) is 0. The van der Waals surface area contributed by atoms with Crippen LogP contribution in [-0.2, 0) is 47.4 Å². The highest BCUT2D eigenvalue weighted by molar-refractivity contribution is 5.75. The van der Waals surface area contributed by atoms with Gasteiger partial charge in [0.15, 0.2) is 0 Å². The van der Waals surface area contributed by atoms with Gasteiger partial charge in [0.2, 0.25) is 5.91 Å². The lowest BCUT2D eigenvalue weighted by molar-refractivity contribution is -0.122. The van der Waals surface area contributed by atoms with Crippen LogP contribution in [0.5, 0.6) is 0 Å². The van der Waals surface area contributed by atoms with E-state index in [2.05, 4.69) is 10.6 Å². The molecule has 0 spiro atoms. The Kier molecular flexibility index (Phi) is 30.6. The maximum Gasteiger partial charge on any atom is 0.407 e. The van der Waals surface area contributed by atoms with E-state index in [1.807, 2.05) is 20.8 Å². The van der Waals surface area contributed by atoms with Crippen molar-refractivity contribution in [2.75, 3.05) is 125 Å². The van der Waals surface area contributed by atoms with Crippen molar-refractivity contribution in [2.45, 2.75) is 52.1 Å². The van der Waals surface area contributed by atoms with Crippen LogP contribution in [0.3, 0.4) is 0 Å². The van der Waals surface area contributed by atoms with Crippen LogP contribution in [0, 0.1) is 0 Å². The van der Waals surface area contributed by atoms with Crippen LogP contribution < -0.4 is 16.4 Å². The molecule has 2 amide bonds. The number of rotatable bonds is 32. The van der Waals surface area contributed by atoms with Crippen LogP contribution in [-0.4, -0.2) is 143 Å². The molecule has 0 aromatic rings. The number of hydrogen-bond donors (Lipinski definition) is 3. The average Bonchev–Trinajstić information content (AvgIpc) is 2.95. The molecule has 0 unspecified atom stereocenters. The SMILES string of the molecule is CC(C)(C)OC(=O)NCCOCCOCCOCCOCCOCCOCCOCCOCCC(=O)NCCCCCN. The quantitative estimate of drug-likeness (QED) is 0.0918. The Morgan fingerprint density at radius 3 is 1.30 bits per heavy atom. The van der Waals surface area contributed by atoms with Gasteiger partial charge in [0.1, 0.15) is 5.60 Å². The molecular weight excluding hydrogens is 566 g/mol. The monoisotopic (exact) mass is 625 g/mol. The van der Waals surface area contributed by atoms with E-state index < -0.39 is 11.7 Å². The molecule has 0 aromatic carbocycles. The molecule has 256 valence electrons. The summed E-state index contributed by atoms with van der Waals surface area (Å²) in [6.07, 6.45) is 2.88. The lowest BCUT2D eigenvalue weighted by atomic mass is 10.2. The van der Waals surface area contributed by atoms with E-state index in [0.717, 1.165) is 19.3 Å². The number of amides is 2. The topological polar surface area (TPSA) is 167 Å². The fourth-order valence-electron chi connectivity index (χ4n) is 3.11. The Morgan fingerprint density at radius 2 is 0.907 bits per heavy atom. The summed E-state index contributed by atoms with van der Waals surface area (Å²) >= 11 is 0. The standard InChI is InChI=1S/C29H59N3O11/c1-29(2,3)43-28(34)32-10-12-36-14-16-38-18-20-40-22-24-42-26-25-41-23-21-39-19-17-37-15-13-35-11-7-27(33)31-9-6-4-5-8-30/h4-26,30H2,1-3H3,(H,31,33)(H,32,34). The van der Waals surface area contributed by atoms with Crippen molar-refractivity contribution in [3.8, 4) is 0 Å². The van der Waals surface area contributed by atoms with E-state index in [-0.39, 0.29) is 5.91 Å². The molecule has 0 aliphatic carbocycles. The molecule has 0 aliphatic heterocycles. The number of hydrogen-bond acceptors (Lipinski definition) is 12. The zero-order chi connectivity index (χ0) is 31.7. The van der Waals surface area contributed by atoms with Crippen LogP contribution in [0.1, 0.15) is 46.5 Å². The van der Waals surface area contributed by atoms with Gasteiger partial charge in [0.25, 0.3) is 0 Å². The molecule has 0 rings (SSSR count). The molecule has 0 saturated heterocycles. The highest BCUT2D eigenvalue weighted by Gasteiger charge is 2.15. The third kappa shape index (κ3) is 36.5. The van der Waals surface area contributed by atoms with Gasteiger partial charge in [0.05, 0.1) is 106 Å². The zero-order valence-electron chi connectivity index (χ0n) is 26.8. The minimum Gasteiger partial charge on any atom is -0.444 e. The summed E-state index contributed by atoms with van der Waals surface area (Å²) in [6, 6.07) is 0. The number of carbonyl (C=O) groups is 2. The number of nitrogens with two attached hydrogens (primary N) is 1. The highest BCUT2D eigenvalue weighted by atomic mass is 16.6. The fraction of sp³-hybridized carbons (Fsp3) is 0.931. The van der Waals surface area contributed by atoms with Gasteiger partial charge in [-0.15, -0.1) is 0 Å². The molecule has 43 heavy (non-hydrogen) atoms. The predicted octanol–water partition coefficient (Wildman–Crippen LogP) is 1.28. The third-order valence-electron chi connectivity index (χ3n) is 5.20. The summed E-state index contributed by atoms with van der Waals surface area (Å²) in [5, 5.41) is 5.50. The number of carbonyl (C=O) groups excluding carboxylic acids is 2. The largest absolute Gasteiger partial charge is 0.444 e. The van der Waals surface area contributed by atoms with E-state index in [0.29, 0.717) is 132 Å². The molecule has 14 nitrogen and oxygen atoms in total. The average molecular weight is 626 g/mol. The van der Waals surface area contributed by atoms with Gasteiger partial charge < -0.3 is 59.0 Å². The van der Waals surface area contributed by atoms with Crippen LogP contribution in [0.15, 0.2) is 0 Å². The van der Waals surface area contributed by atoms with Gasteiger partial charge in [-0.05, 0) is 40.2 Å². The maximum atomic E-state index is 11.6. The van der Waals surface area contributed by atoms with Gasteiger partial charge in [-0.1, -0.05) is 6.42 Å². The Morgan fingerprint density at radius 1 is 0.512 bits per heavy atom. The molecule has 0 aliphatic rings. The number of nitrogens with one attached hydrogen (secondary N) is 2. The first kappa shape index (κ1) is 41.4. The summed E-state index contributed by atoms with van der Waals surface area (Å²) in [6.45, 7) is 14.6. The Hall–Kier alpha value is -1.62. The van der Waals surface area contributed by atoms with E-state index in [1.165, 1.54) is 0 Å². The minimum absolute atomic E-state index is 0.00570. The second-order valence-electron chi connectivity index (χ2n) is 10.3. The second kappa shape index (κ2) is 31.8. The molecule has 0 saturated carbocycles. The van der Waals surface area contributed by atoms with Crippen LogP contribution in [0.2, 0.25) is 0 Å². The molecule has 4 N–H and O–H groups in total. The second-order valence-corrected chi connectivity index (χ2v) is 10.3. The van der Waals surface area contributed by atoms with Crippen molar-refractivity contribution in [1.82, 2.24) is 10.6 Å². The smallest absolute Gasteiger partial charge is 0.407 e. The fourth-order valence-corrected chi connectivity index (χ4v) is 3.11. The normalized spacial score (nSPS) is 11.5. The van der Waals surface area contributed by atoms with Crippen molar-refractivity contribution in [3.63, 3.8) is 0 Å². The van der Waals surface area contributed by atoms with Gasteiger partial charge >= 0.3 is 6.09 Å². The maximum absolute atomic E-state index is 11.6. The van der Waals surface area contributed by atoms with Crippen LogP contribution in [0.25, 0.3) is 0 Å². The third-order valence-corrected chi connectivity index (χ3v) is 5.20. The molecule has 0 aromatic heterocycles. The minimum atomic E-state index is -0.512. The first-order chi connectivity index (χ1) is 20.8. The van der Waals surface area contributed by atoms with Gasteiger partial charge in [0, 0.05) is 19.5 Å². The molecule has 0 atom stereocenters. The van der Waals surface area contributed by atoms with E-state index in [4.69, 9.17) is 48.4 Å². The summed E-state index contributed by atoms with van der Waals surface area (Å²) in [5.41, 5.74) is 4.93. The first-order valence-electron chi connectivity index (χ1n) is 15.4. The van der Waals surface area contributed by atoms with Crippen molar-refractivity contribution in [3.05, 3.63) is 0 Å². The lowest BCUT2D eigenvalue weighted by Gasteiger charge is -2.19. The summed E-state index contributed by atoms with van der Waals surface area (Å²) < 4.78 is 48.6. The molecule has 0 heterocycles. The Bertz CT molecular complexity index is 625. The van der Waals surface area contributed by atoms with Crippen molar-refractivity contribution < 1.29 is 52.2 Å². The van der Waals surface area contributed by atoms with E-state index >= 15 is 0 Å². The van der Waals surface area contributed by atoms with E-state index in [9.17, 15) is 9.59 Å². The number of alkyl carbamates (subject to hydrolysis) is 1. The first-order valence-corrected chi connectivity index (χ1v) is 15.4. The molecule has 14 heteroatoms. The predicted molar refractivity (Wildman–Crippen MR) is 161 cm³/mol. The number of ether oxygens (including phenoxy) is 9. The molecule has 0 radical (unpaired) electrons. The Balaban J connectivity index is 3.15. The van der Waals surface area contributed by atoms with Crippen molar-refractivity contribution in [2.24, 2.45) is 5.73 Å². The van der Waals surface area contributed by atoms with Gasteiger partial charge in [-0.25, -0.2) is 4.79 Å².